The summed E-state index contributed by atoms with van der Waals surface area (Å²) in [5.41, 5.74) is 25.5. The topological polar surface area (TPSA) is 3.24 Å². The van der Waals surface area contributed by atoms with Crippen LogP contribution in [0.25, 0.3) is 55.6 Å². The summed E-state index contributed by atoms with van der Waals surface area (Å²) in [4.78, 5) is 2.48. The number of fused-ring (bicyclic) bond motifs is 13. The molecule has 3 aliphatic rings. The average molecular weight is 876 g/mol. The lowest BCUT2D eigenvalue weighted by atomic mass is 9.67. The zero-order chi connectivity index (χ0) is 45.5. The van der Waals surface area contributed by atoms with Gasteiger partial charge in [-0.05, 0) is 131 Å². The molecule has 69 heavy (non-hydrogen) atoms. The molecule has 0 saturated heterocycles. The number of rotatable bonds is 7. The minimum absolute atomic E-state index is 0.429. The molecule has 0 amide bonds. The van der Waals surface area contributed by atoms with Crippen LogP contribution in [0.15, 0.2) is 273 Å². The molecule has 11 aromatic carbocycles. The number of hydrogen-bond donors (Lipinski definition) is 0. The van der Waals surface area contributed by atoms with Crippen molar-refractivity contribution in [3.05, 3.63) is 317 Å². The summed E-state index contributed by atoms with van der Waals surface area (Å²) in [7, 11) is 0. The molecule has 0 unspecified atom stereocenters. The fourth-order valence-corrected chi connectivity index (χ4v) is 12.6. The molecule has 0 bridgehead atoms. The van der Waals surface area contributed by atoms with Crippen LogP contribution < -0.4 is 4.90 Å². The smallest absolute Gasteiger partial charge is 0.0726 e. The minimum Gasteiger partial charge on any atom is -0.310 e. The standard InChI is InChI=1S/C68H45N/c1-4-20-47(21-5-1)53-26-14-19-35-66(53)69(52-41-42-58-56-29-12-18-34-63(56)68(65(58)45-52)61-32-16-10-27-54(61)55-28-11-17-33-62(55)68)51-39-36-46(37-40-51)48-38-43-64-59(44-48)57-30-13-15-31-60(57)67(64,49-22-6-2-7-23-49)50-24-8-3-9-25-50/h1-45H. The van der Waals surface area contributed by atoms with E-state index in [4.69, 9.17) is 0 Å². The van der Waals surface area contributed by atoms with E-state index in [2.05, 4.69) is 278 Å². The van der Waals surface area contributed by atoms with Gasteiger partial charge >= 0.3 is 0 Å². The zero-order valence-corrected chi connectivity index (χ0v) is 37.9. The summed E-state index contributed by atoms with van der Waals surface area (Å²) in [6.07, 6.45) is 0. The highest BCUT2D eigenvalue weighted by molar-refractivity contribution is 5.97. The van der Waals surface area contributed by atoms with Gasteiger partial charge in [0.15, 0.2) is 0 Å². The van der Waals surface area contributed by atoms with Crippen LogP contribution in [0.2, 0.25) is 0 Å². The minimum atomic E-state index is -0.450. The first-order valence-corrected chi connectivity index (χ1v) is 24.1. The van der Waals surface area contributed by atoms with Gasteiger partial charge in [0, 0.05) is 16.9 Å². The van der Waals surface area contributed by atoms with E-state index in [0.717, 1.165) is 17.1 Å². The van der Waals surface area contributed by atoms with E-state index < -0.39 is 10.8 Å². The molecule has 0 aliphatic heterocycles. The molecule has 0 saturated carbocycles. The Morgan fingerprint density at radius 3 is 1.19 bits per heavy atom. The van der Waals surface area contributed by atoms with Crippen LogP contribution in [-0.2, 0) is 10.8 Å². The van der Waals surface area contributed by atoms with Gasteiger partial charge in [-0.3, -0.25) is 0 Å². The first-order chi connectivity index (χ1) is 34.2. The van der Waals surface area contributed by atoms with Crippen molar-refractivity contribution < 1.29 is 0 Å². The quantitative estimate of drug-likeness (QED) is 0.154. The van der Waals surface area contributed by atoms with Crippen molar-refractivity contribution in [3.8, 4) is 55.6 Å². The fourth-order valence-electron chi connectivity index (χ4n) is 12.6. The Morgan fingerprint density at radius 2 is 0.623 bits per heavy atom. The largest absolute Gasteiger partial charge is 0.310 e. The van der Waals surface area contributed by atoms with Crippen LogP contribution in [0.3, 0.4) is 0 Å². The average Bonchev–Trinajstić information content (AvgIpc) is 4.02. The Hall–Kier alpha value is -8.78. The molecule has 0 N–H and O–H groups in total. The van der Waals surface area contributed by atoms with Crippen molar-refractivity contribution >= 4 is 17.1 Å². The highest BCUT2D eigenvalue weighted by Gasteiger charge is 2.52. The predicted octanol–water partition coefficient (Wildman–Crippen LogP) is 17.2. The number of para-hydroxylation sites is 1. The maximum absolute atomic E-state index is 2.49. The number of hydrogen-bond acceptors (Lipinski definition) is 1. The fraction of sp³-hybridized carbons (Fsp3) is 0.0294. The normalized spacial score (nSPS) is 13.7. The third-order valence-electron chi connectivity index (χ3n) is 15.4. The van der Waals surface area contributed by atoms with E-state index >= 15 is 0 Å². The maximum atomic E-state index is 2.49. The summed E-state index contributed by atoms with van der Waals surface area (Å²) < 4.78 is 0. The van der Waals surface area contributed by atoms with Crippen molar-refractivity contribution in [2.75, 3.05) is 4.90 Å². The van der Waals surface area contributed by atoms with Crippen LogP contribution in [0.1, 0.15) is 44.5 Å². The van der Waals surface area contributed by atoms with Crippen LogP contribution in [-0.4, -0.2) is 0 Å². The SMILES string of the molecule is c1ccc(-c2ccccc2N(c2ccc(-c3ccc4c(c3)-c3ccccc3C4(c3ccccc3)c3ccccc3)cc2)c2ccc3c(c2)C2(c4ccccc4-c4ccccc42)c2ccccc2-3)cc1. The Balaban J connectivity index is 0.942. The van der Waals surface area contributed by atoms with Gasteiger partial charge in [0.1, 0.15) is 0 Å². The summed E-state index contributed by atoms with van der Waals surface area (Å²) in [5.74, 6) is 0. The number of anilines is 3. The molecule has 322 valence electrons. The highest BCUT2D eigenvalue weighted by Crippen LogP contribution is 2.63. The third kappa shape index (κ3) is 5.59. The van der Waals surface area contributed by atoms with Gasteiger partial charge in [0.2, 0.25) is 0 Å². The Bertz CT molecular complexity index is 3670. The van der Waals surface area contributed by atoms with E-state index in [1.165, 1.54) is 100 Å². The van der Waals surface area contributed by atoms with Crippen LogP contribution >= 0.6 is 0 Å². The molecule has 1 heteroatoms. The Kier molecular flexibility index (Phi) is 8.78. The molecular weight excluding hydrogens is 831 g/mol. The predicted molar refractivity (Wildman–Crippen MR) is 286 cm³/mol. The molecular formula is C68H45N. The summed E-state index contributed by atoms with van der Waals surface area (Å²) >= 11 is 0. The van der Waals surface area contributed by atoms with Gasteiger partial charge in [-0.1, -0.05) is 237 Å². The first-order valence-electron chi connectivity index (χ1n) is 24.1. The van der Waals surface area contributed by atoms with Crippen molar-refractivity contribution in [1.29, 1.82) is 0 Å². The second-order valence-corrected chi connectivity index (χ2v) is 18.7. The molecule has 0 aromatic heterocycles. The van der Waals surface area contributed by atoms with Gasteiger partial charge in [-0.25, -0.2) is 0 Å². The van der Waals surface area contributed by atoms with Gasteiger partial charge < -0.3 is 4.90 Å². The molecule has 11 aromatic rings. The molecule has 1 spiro atoms. The van der Waals surface area contributed by atoms with Crippen molar-refractivity contribution in [3.63, 3.8) is 0 Å². The van der Waals surface area contributed by atoms with E-state index in [0.29, 0.717) is 0 Å². The Morgan fingerprint density at radius 1 is 0.217 bits per heavy atom. The monoisotopic (exact) mass is 875 g/mol. The van der Waals surface area contributed by atoms with Crippen LogP contribution in [0.4, 0.5) is 17.1 Å². The number of nitrogens with zero attached hydrogens (tertiary/aromatic N) is 1. The summed E-state index contributed by atoms with van der Waals surface area (Å²) in [6, 6.07) is 102. The second kappa shape index (κ2) is 15.4. The summed E-state index contributed by atoms with van der Waals surface area (Å²) in [5, 5.41) is 0. The van der Waals surface area contributed by atoms with Gasteiger partial charge in [-0.2, -0.15) is 0 Å². The Labute approximate surface area is 403 Å². The van der Waals surface area contributed by atoms with Crippen molar-refractivity contribution in [2.24, 2.45) is 0 Å². The lowest BCUT2D eigenvalue weighted by Crippen LogP contribution is -2.28. The molecule has 0 atom stereocenters. The van der Waals surface area contributed by atoms with Crippen molar-refractivity contribution in [1.82, 2.24) is 0 Å². The van der Waals surface area contributed by atoms with Crippen LogP contribution in [0.5, 0.6) is 0 Å². The van der Waals surface area contributed by atoms with Gasteiger partial charge in [0.25, 0.3) is 0 Å². The highest BCUT2D eigenvalue weighted by atomic mass is 15.1. The van der Waals surface area contributed by atoms with E-state index in [1.54, 1.807) is 0 Å². The first kappa shape index (κ1) is 39.4. The molecule has 1 nitrogen and oxygen atoms in total. The molecule has 0 heterocycles. The molecule has 0 fully saturated rings. The van der Waals surface area contributed by atoms with Gasteiger partial charge in [0.05, 0.1) is 16.5 Å². The molecule has 0 radical (unpaired) electrons. The van der Waals surface area contributed by atoms with E-state index in [-0.39, 0.29) is 0 Å². The van der Waals surface area contributed by atoms with Crippen LogP contribution in [0, 0.1) is 0 Å². The lowest BCUT2D eigenvalue weighted by Gasteiger charge is -2.33. The van der Waals surface area contributed by atoms with Crippen molar-refractivity contribution in [2.45, 2.75) is 10.8 Å². The number of benzene rings is 11. The zero-order valence-electron chi connectivity index (χ0n) is 37.9. The van der Waals surface area contributed by atoms with E-state index in [9.17, 15) is 0 Å². The third-order valence-corrected chi connectivity index (χ3v) is 15.4. The molecule has 14 rings (SSSR count). The second-order valence-electron chi connectivity index (χ2n) is 18.7. The van der Waals surface area contributed by atoms with E-state index in [1.807, 2.05) is 0 Å². The molecule has 3 aliphatic carbocycles. The lowest BCUT2D eigenvalue weighted by molar-refractivity contribution is 0.768. The van der Waals surface area contributed by atoms with Gasteiger partial charge in [-0.15, -0.1) is 0 Å². The summed E-state index contributed by atoms with van der Waals surface area (Å²) in [6.45, 7) is 0. The maximum Gasteiger partial charge on any atom is 0.0726 e.